The van der Waals surface area contributed by atoms with E-state index in [2.05, 4.69) is 20.3 Å². The molecule has 8 heteroatoms. The number of nitrogens with one attached hydrogen (secondary N) is 1. The van der Waals surface area contributed by atoms with Crippen LogP contribution in [0, 0.1) is 6.92 Å². The summed E-state index contributed by atoms with van der Waals surface area (Å²) < 4.78 is 1.83. The third kappa shape index (κ3) is 3.65. The molecule has 2 heterocycles. The number of fused-ring (bicyclic) bond motifs is 1. The van der Waals surface area contributed by atoms with Gasteiger partial charge in [-0.2, -0.15) is 0 Å². The number of nitrogens with zero attached hydrogens (tertiary/aromatic N) is 4. The van der Waals surface area contributed by atoms with E-state index >= 15 is 0 Å². The van der Waals surface area contributed by atoms with Gasteiger partial charge in [0, 0.05) is 12.7 Å². The number of aryl methyl sites for hydroxylation is 1. The lowest BCUT2D eigenvalue weighted by molar-refractivity contribution is -0.114. The molecule has 1 amide bonds. The molecule has 24 heavy (non-hydrogen) atoms. The van der Waals surface area contributed by atoms with E-state index in [1.54, 1.807) is 11.8 Å². The SMILES string of the molecule is CSc1nc2ncnc(N(C)CC(=O)Nc3ccc(C)cc3)c2s1. The summed E-state index contributed by atoms with van der Waals surface area (Å²) in [6.45, 7) is 2.21. The van der Waals surface area contributed by atoms with E-state index in [9.17, 15) is 4.79 Å². The highest BCUT2D eigenvalue weighted by Gasteiger charge is 2.15. The van der Waals surface area contributed by atoms with Crippen LogP contribution in [-0.4, -0.2) is 40.7 Å². The molecule has 1 aromatic carbocycles. The molecule has 0 unspecified atom stereocenters. The van der Waals surface area contributed by atoms with E-state index in [4.69, 9.17) is 0 Å². The van der Waals surface area contributed by atoms with Crippen molar-refractivity contribution in [3.05, 3.63) is 36.2 Å². The van der Waals surface area contributed by atoms with Crippen LogP contribution in [0.1, 0.15) is 5.56 Å². The normalized spacial score (nSPS) is 10.8. The summed E-state index contributed by atoms with van der Waals surface area (Å²) in [5.41, 5.74) is 2.61. The average Bonchev–Trinajstić information content (AvgIpc) is 3.00. The highest BCUT2D eigenvalue weighted by molar-refractivity contribution is 8.00. The highest BCUT2D eigenvalue weighted by Crippen LogP contribution is 2.32. The van der Waals surface area contributed by atoms with Crippen molar-refractivity contribution in [1.82, 2.24) is 15.0 Å². The van der Waals surface area contributed by atoms with Crippen LogP contribution in [0.3, 0.4) is 0 Å². The minimum absolute atomic E-state index is 0.0947. The topological polar surface area (TPSA) is 71.0 Å². The summed E-state index contributed by atoms with van der Waals surface area (Å²) in [4.78, 5) is 27.0. The van der Waals surface area contributed by atoms with Crippen LogP contribution in [-0.2, 0) is 4.79 Å². The van der Waals surface area contributed by atoms with Crippen LogP contribution in [0.5, 0.6) is 0 Å². The number of rotatable bonds is 5. The van der Waals surface area contributed by atoms with E-state index in [1.807, 2.05) is 49.4 Å². The fraction of sp³-hybridized carbons (Fsp3) is 0.250. The summed E-state index contributed by atoms with van der Waals surface area (Å²) in [6.07, 6.45) is 3.46. The standard InChI is InChI=1S/C16H17N5OS2/c1-10-4-6-11(7-5-10)19-12(22)8-21(2)15-13-14(17-9-18-15)20-16(23-3)24-13/h4-7,9H,8H2,1-3H3,(H,19,22). The molecule has 1 N–H and O–H groups in total. The van der Waals surface area contributed by atoms with Crippen molar-refractivity contribution >= 4 is 50.9 Å². The Morgan fingerprint density at radius 2 is 2.04 bits per heavy atom. The van der Waals surface area contributed by atoms with Crippen molar-refractivity contribution in [2.45, 2.75) is 11.3 Å². The molecule has 0 saturated carbocycles. The number of anilines is 2. The van der Waals surface area contributed by atoms with E-state index in [0.717, 1.165) is 26.1 Å². The van der Waals surface area contributed by atoms with Gasteiger partial charge < -0.3 is 10.2 Å². The Morgan fingerprint density at radius 1 is 1.29 bits per heavy atom. The molecule has 0 aliphatic carbocycles. The molecule has 2 aromatic heterocycles. The first-order valence-corrected chi connectivity index (χ1v) is 9.34. The fourth-order valence-electron chi connectivity index (χ4n) is 2.21. The van der Waals surface area contributed by atoms with Gasteiger partial charge in [-0.1, -0.05) is 29.5 Å². The fourth-order valence-corrected chi connectivity index (χ4v) is 3.77. The van der Waals surface area contributed by atoms with Gasteiger partial charge >= 0.3 is 0 Å². The number of thiazole rings is 1. The van der Waals surface area contributed by atoms with Gasteiger partial charge in [-0.3, -0.25) is 4.79 Å². The summed E-state index contributed by atoms with van der Waals surface area (Å²) in [7, 11) is 1.84. The minimum atomic E-state index is -0.0947. The van der Waals surface area contributed by atoms with E-state index < -0.39 is 0 Å². The second-order valence-electron chi connectivity index (χ2n) is 5.30. The molecule has 0 radical (unpaired) electrons. The Hall–Kier alpha value is -2.19. The molecule has 0 atom stereocenters. The molecule has 3 aromatic rings. The van der Waals surface area contributed by atoms with Gasteiger partial charge in [0.1, 0.15) is 11.0 Å². The maximum atomic E-state index is 12.3. The molecule has 124 valence electrons. The Kier molecular flexibility index (Phi) is 4.96. The predicted octanol–water partition coefficient (Wildman–Crippen LogP) is 3.19. The number of hydrogen-bond donors (Lipinski definition) is 1. The molecule has 6 nitrogen and oxygen atoms in total. The quantitative estimate of drug-likeness (QED) is 0.706. The van der Waals surface area contributed by atoms with Crippen molar-refractivity contribution in [3.63, 3.8) is 0 Å². The molecular weight excluding hydrogens is 342 g/mol. The Morgan fingerprint density at radius 3 is 2.75 bits per heavy atom. The molecule has 0 aliphatic heterocycles. The average molecular weight is 359 g/mol. The maximum absolute atomic E-state index is 12.3. The number of carbonyl (C=O) groups is 1. The van der Waals surface area contributed by atoms with E-state index in [0.29, 0.717) is 5.65 Å². The number of thioether (sulfide) groups is 1. The van der Waals surface area contributed by atoms with Gasteiger partial charge in [-0.25, -0.2) is 15.0 Å². The minimum Gasteiger partial charge on any atom is -0.349 e. The zero-order valence-electron chi connectivity index (χ0n) is 13.6. The van der Waals surface area contributed by atoms with Gasteiger partial charge in [-0.05, 0) is 25.3 Å². The number of hydrogen-bond acceptors (Lipinski definition) is 7. The highest BCUT2D eigenvalue weighted by atomic mass is 32.2. The van der Waals surface area contributed by atoms with Gasteiger partial charge in [0.05, 0.1) is 6.54 Å². The van der Waals surface area contributed by atoms with Crippen LogP contribution < -0.4 is 10.2 Å². The first-order valence-electron chi connectivity index (χ1n) is 7.30. The number of likely N-dealkylation sites (N-methyl/N-ethyl adjacent to an activating group) is 1. The van der Waals surface area contributed by atoms with Crippen molar-refractivity contribution in [3.8, 4) is 0 Å². The molecule has 0 spiro atoms. The van der Waals surface area contributed by atoms with Crippen LogP contribution in [0.4, 0.5) is 11.5 Å². The lowest BCUT2D eigenvalue weighted by atomic mass is 10.2. The van der Waals surface area contributed by atoms with Crippen LogP contribution in [0.15, 0.2) is 34.9 Å². The molecule has 0 fully saturated rings. The first-order chi connectivity index (χ1) is 11.6. The summed E-state index contributed by atoms with van der Waals surface area (Å²) in [6, 6.07) is 7.72. The summed E-state index contributed by atoms with van der Waals surface area (Å²) in [5.74, 6) is 0.625. The number of carbonyl (C=O) groups excluding carboxylic acids is 1. The van der Waals surface area contributed by atoms with Crippen molar-refractivity contribution in [2.24, 2.45) is 0 Å². The molecule has 0 saturated heterocycles. The Labute approximate surface area is 148 Å². The van der Waals surface area contributed by atoms with Crippen LogP contribution in [0.25, 0.3) is 10.3 Å². The maximum Gasteiger partial charge on any atom is 0.243 e. The zero-order chi connectivity index (χ0) is 17.1. The smallest absolute Gasteiger partial charge is 0.243 e. The molecule has 3 rings (SSSR count). The Bertz CT molecular complexity index is 863. The number of amides is 1. The zero-order valence-corrected chi connectivity index (χ0v) is 15.2. The second-order valence-corrected chi connectivity index (χ2v) is 7.36. The van der Waals surface area contributed by atoms with Crippen molar-refractivity contribution in [1.29, 1.82) is 0 Å². The van der Waals surface area contributed by atoms with E-state index in [1.165, 1.54) is 17.7 Å². The lowest BCUT2D eigenvalue weighted by Gasteiger charge is -2.17. The number of aromatic nitrogens is 3. The van der Waals surface area contributed by atoms with Gasteiger partial charge in [0.15, 0.2) is 15.8 Å². The van der Waals surface area contributed by atoms with Crippen molar-refractivity contribution < 1.29 is 4.79 Å². The first kappa shape index (κ1) is 16.7. The molecular formula is C16H17N5OS2. The summed E-state index contributed by atoms with van der Waals surface area (Å²) >= 11 is 3.11. The molecule has 0 aliphatic rings. The van der Waals surface area contributed by atoms with Gasteiger partial charge in [-0.15, -0.1) is 11.3 Å². The van der Waals surface area contributed by atoms with Crippen LogP contribution >= 0.6 is 23.1 Å². The Balaban J connectivity index is 1.74. The third-order valence-corrected chi connectivity index (χ3v) is 5.43. The summed E-state index contributed by atoms with van der Waals surface area (Å²) in [5, 5.41) is 2.89. The predicted molar refractivity (Wildman–Crippen MR) is 100 cm³/mol. The van der Waals surface area contributed by atoms with Gasteiger partial charge in [0.25, 0.3) is 0 Å². The van der Waals surface area contributed by atoms with Crippen molar-refractivity contribution in [2.75, 3.05) is 30.1 Å². The van der Waals surface area contributed by atoms with Crippen LogP contribution in [0.2, 0.25) is 0 Å². The lowest BCUT2D eigenvalue weighted by Crippen LogP contribution is -2.30. The molecule has 0 bridgehead atoms. The van der Waals surface area contributed by atoms with Gasteiger partial charge in [0.2, 0.25) is 5.91 Å². The monoisotopic (exact) mass is 359 g/mol. The number of benzene rings is 1. The second kappa shape index (κ2) is 7.14. The van der Waals surface area contributed by atoms with E-state index in [-0.39, 0.29) is 12.5 Å². The third-order valence-electron chi connectivity index (χ3n) is 3.41. The largest absolute Gasteiger partial charge is 0.349 e.